The van der Waals surface area contributed by atoms with Crippen molar-refractivity contribution in [2.45, 2.75) is 0 Å². The maximum atomic E-state index is 13.2. The van der Waals surface area contributed by atoms with Gasteiger partial charge in [-0.3, -0.25) is 0 Å². The molecular formula is C12H9F2NO2S. The van der Waals surface area contributed by atoms with Gasteiger partial charge in [0.1, 0.15) is 22.2 Å². The summed E-state index contributed by atoms with van der Waals surface area (Å²) in [5.74, 6) is -2.07. The molecule has 0 atom stereocenters. The summed E-state index contributed by atoms with van der Waals surface area (Å²) in [4.78, 5) is 11.6. The Morgan fingerprint density at radius 3 is 2.44 bits per heavy atom. The van der Waals surface area contributed by atoms with Gasteiger partial charge >= 0.3 is 5.97 Å². The van der Waals surface area contributed by atoms with Gasteiger partial charge in [-0.15, -0.1) is 11.3 Å². The third-order valence-electron chi connectivity index (χ3n) is 2.38. The van der Waals surface area contributed by atoms with Crippen LogP contribution < -0.4 is 5.73 Å². The van der Waals surface area contributed by atoms with Gasteiger partial charge in [-0.25, -0.2) is 13.6 Å². The molecule has 3 nitrogen and oxygen atoms in total. The molecule has 0 spiro atoms. The lowest BCUT2D eigenvalue weighted by molar-refractivity contribution is 0.0603. The summed E-state index contributed by atoms with van der Waals surface area (Å²) in [5.41, 5.74) is 6.41. The van der Waals surface area contributed by atoms with E-state index in [9.17, 15) is 13.6 Å². The number of rotatable bonds is 2. The second-order valence-electron chi connectivity index (χ2n) is 3.54. The summed E-state index contributed by atoms with van der Waals surface area (Å²) in [5, 5.41) is 1.82. The SMILES string of the molecule is COC(=O)c1c(-c2cc(F)cc(F)c2)csc1N. The predicted molar refractivity (Wildman–Crippen MR) is 65.4 cm³/mol. The maximum absolute atomic E-state index is 13.2. The lowest BCUT2D eigenvalue weighted by Crippen LogP contribution is -2.04. The van der Waals surface area contributed by atoms with Crippen LogP contribution in [0.25, 0.3) is 11.1 Å². The van der Waals surface area contributed by atoms with Crippen molar-refractivity contribution in [1.29, 1.82) is 0 Å². The second kappa shape index (κ2) is 4.73. The Morgan fingerprint density at radius 1 is 1.28 bits per heavy atom. The molecule has 0 aliphatic heterocycles. The number of methoxy groups -OCH3 is 1. The fraction of sp³-hybridized carbons (Fsp3) is 0.0833. The summed E-state index contributed by atoms with van der Waals surface area (Å²) in [6.45, 7) is 0. The second-order valence-corrected chi connectivity index (χ2v) is 4.45. The Balaban J connectivity index is 2.61. The number of hydrogen-bond acceptors (Lipinski definition) is 4. The van der Waals surface area contributed by atoms with Crippen LogP contribution in [0.4, 0.5) is 13.8 Å². The van der Waals surface area contributed by atoms with Crippen molar-refractivity contribution in [3.05, 3.63) is 40.8 Å². The number of nitrogen functional groups attached to an aromatic ring is 1. The van der Waals surface area contributed by atoms with E-state index in [1.54, 1.807) is 5.38 Å². The summed E-state index contributed by atoms with van der Waals surface area (Å²) in [7, 11) is 1.22. The quantitative estimate of drug-likeness (QED) is 0.852. The van der Waals surface area contributed by atoms with Crippen molar-refractivity contribution in [1.82, 2.24) is 0 Å². The van der Waals surface area contributed by atoms with E-state index in [0.717, 1.165) is 29.5 Å². The van der Waals surface area contributed by atoms with Crippen LogP contribution in [0, 0.1) is 11.6 Å². The molecule has 1 aromatic carbocycles. The lowest BCUT2D eigenvalue weighted by atomic mass is 10.0. The van der Waals surface area contributed by atoms with E-state index in [1.807, 2.05) is 0 Å². The lowest BCUT2D eigenvalue weighted by Gasteiger charge is -2.04. The predicted octanol–water partition coefficient (Wildman–Crippen LogP) is 3.06. The number of thiophene rings is 1. The number of halogens is 2. The first kappa shape index (κ1) is 12.5. The number of hydrogen-bond donors (Lipinski definition) is 1. The highest BCUT2D eigenvalue weighted by atomic mass is 32.1. The fourth-order valence-electron chi connectivity index (χ4n) is 1.61. The molecule has 2 N–H and O–H groups in total. The van der Waals surface area contributed by atoms with Crippen molar-refractivity contribution < 1.29 is 18.3 Å². The minimum Gasteiger partial charge on any atom is -0.465 e. The topological polar surface area (TPSA) is 52.3 Å². The third kappa shape index (κ3) is 2.19. The average Bonchev–Trinajstić information content (AvgIpc) is 2.69. The van der Waals surface area contributed by atoms with E-state index in [4.69, 9.17) is 5.73 Å². The van der Waals surface area contributed by atoms with Gasteiger partial charge in [-0.1, -0.05) is 0 Å². The number of carbonyl (C=O) groups excluding carboxylic acids is 1. The van der Waals surface area contributed by atoms with Gasteiger partial charge in [0.2, 0.25) is 0 Å². The van der Waals surface area contributed by atoms with Crippen LogP contribution >= 0.6 is 11.3 Å². The van der Waals surface area contributed by atoms with Crippen LogP contribution in [-0.4, -0.2) is 13.1 Å². The van der Waals surface area contributed by atoms with Crippen molar-refractivity contribution in [3.8, 4) is 11.1 Å². The molecular weight excluding hydrogens is 260 g/mol. The number of carbonyl (C=O) groups is 1. The fourth-order valence-corrected chi connectivity index (χ4v) is 2.42. The number of esters is 1. The molecule has 0 saturated carbocycles. The zero-order valence-electron chi connectivity index (χ0n) is 9.37. The normalized spacial score (nSPS) is 10.4. The molecule has 1 heterocycles. The van der Waals surface area contributed by atoms with Gasteiger partial charge < -0.3 is 10.5 Å². The standard InChI is InChI=1S/C12H9F2NO2S/c1-17-12(16)10-9(5-18-11(10)15)6-2-7(13)4-8(14)3-6/h2-5H,15H2,1H3. The minimum absolute atomic E-state index is 0.132. The van der Waals surface area contributed by atoms with Crippen molar-refractivity contribution in [3.63, 3.8) is 0 Å². The summed E-state index contributed by atoms with van der Waals surface area (Å²) in [6, 6.07) is 3.03. The largest absolute Gasteiger partial charge is 0.465 e. The first-order chi connectivity index (χ1) is 8.52. The molecule has 18 heavy (non-hydrogen) atoms. The first-order valence-electron chi connectivity index (χ1n) is 4.94. The summed E-state index contributed by atoms with van der Waals surface area (Å²) in [6.07, 6.45) is 0. The smallest absolute Gasteiger partial charge is 0.341 e. The van der Waals surface area contributed by atoms with Gasteiger partial charge in [-0.05, 0) is 17.7 Å². The molecule has 1 aromatic heterocycles. The maximum Gasteiger partial charge on any atom is 0.341 e. The molecule has 0 fully saturated rings. The molecule has 0 radical (unpaired) electrons. The van der Waals surface area contributed by atoms with Gasteiger partial charge in [-0.2, -0.15) is 0 Å². The highest BCUT2D eigenvalue weighted by Crippen LogP contribution is 2.34. The Labute approximate surface area is 106 Å². The highest BCUT2D eigenvalue weighted by Gasteiger charge is 2.19. The molecule has 0 aliphatic carbocycles. The number of benzene rings is 1. The van der Waals surface area contributed by atoms with Gasteiger partial charge in [0.05, 0.1) is 7.11 Å². The Kier molecular flexibility index (Phi) is 3.29. The van der Waals surface area contributed by atoms with E-state index in [2.05, 4.69) is 4.74 Å². The highest BCUT2D eigenvalue weighted by molar-refractivity contribution is 7.14. The number of ether oxygens (including phenoxy) is 1. The van der Waals surface area contributed by atoms with Crippen LogP contribution in [-0.2, 0) is 4.74 Å². The molecule has 0 amide bonds. The molecule has 94 valence electrons. The first-order valence-corrected chi connectivity index (χ1v) is 5.82. The van der Waals surface area contributed by atoms with Crippen LogP contribution in [0.3, 0.4) is 0 Å². The van der Waals surface area contributed by atoms with Gasteiger partial charge in [0.15, 0.2) is 0 Å². The van der Waals surface area contributed by atoms with E-state index in [1.165, 1.54) is 7.11 Å². The average molecular weight is 269 g/mol. The summed E-state index contributed by atoms with van der Waals surface area (Å²) >= 11 is 1.11. The summed E-state index contributed by atoms with van der Waals surface area (Å²) < 4.78 is 30.9. The van der Waals surface area contributed by atoms with Crippen LogP contribution in [0.5, 0.6) is 0 Å². The van der Waals surface area contributed by atoms with Crippen molar-refractivity contribution >= 4 is 22.3 Å². The van der Waals surface area contributed by atoms with Crippen LogP contribution in [0.2, 0.25) is 0 Å². The van der Waals surface area contributed by atoms with Crippen LogP contribution in [0.1, 0.15) is 10.4 Å². The molecule has 6 heteroatoms. The van der Waals surface area contributed by atoms with E-state index < -0.39 is 17.6 Å². The molecule has 0 saturated heterocycles. The number of nitrogens with two attached hydrogens (primary N) is 1. The minimum atomic E-state index is -0.717. The molecule has 2 aromatic rings. The van der Waals surface area contributed by atoms with E-state index in [0.29, 0.717) is 5.56 Å². The van der Waals surface area contributed by atoms with E-state index >= 15 is 0 Å². The molecule has 0 unspecified atom stereocenters. The van der Waals surface area contributed by atoms with Crippen molar-refractivity contribution in [2.75, 3.05) is 12.8 Å². The van der Waals surface area contributed by atoms with Crippen LogP contribution in [0.15, 0.2) is 23.6 Å². The Hall–Kier alpha value is -1.95. The van der Waals surface area contributed by atoms with Gasteiger partial charge in [0, 0.05) is 17.0 Å². The van der Waals surface area contributed by atoms with E-state index in [-0.39, 0.29) is 16.1 Å². The van der Waals surface area contributed by atoms with Gasteiger partial charge in [0.25, 0.3) is 0 Å². The Bertz CT molecular complexity index is 590. The zero-order valence-corrected chi connectivity index (χ0v) is 10.2. The third-order valence-corrected chi connectivity index (χ3v) is 3.19. The van der Waals surface area contributed by atoms with Crippen molar-refractivity contribution in [2.24, 2.45) is 0 Å². The molecule has 0 bridgehead atoms. The number of anilines is 1. The zero-order chi connectivity index (χ0) is 13.3. The Morgan fingerprint density at radius 2 is 1.89 bits per heavy atom. The molecule has 0 aliphatic rings. The monoisotopic (exact) mass is 269 g/mol. The molecule has 2 rings (SSSR count).